The largest absolute Gasteiger partial charge is 0.508 e. The number of ether oxygens (including phenoxy) is 1. The molecule has 0 heterocycles. The van der Waals surface area contributed by atoms with Gasteiger partial charge in [0.25, 0.3) is 0 Å². The standard InChI is InChI=1S/C31H37NO5/c1-30(2,3)37-29(36)32-18-24-13-19(5-9-28(34)35)4-7-25(24)23-6-8-27(33)26(14-23)31-15-20-10-21(16-31)12-22(11-20)17-31/h4-9,13-14,20-22,33H,10-12,15-18H2,1-3H3,(H,32,36)(H,34,35). The fourth-order valence-corrected chi connectivity index (χ4v) is 7.36. The van der Waals surface area contributed by atoms with Gasteiger partial charge in [0.2, 0.25) is 0 Å². The van der Waals surface area contributed by atoms with Gasteiger partial charge in [-0.1, -0.05) is 18.2 Å². The second-order valence-electron chi connectivity index (χ2n) is 12.4. The van der Waals surface area contributed by atoms with Crippen LogP contribution in [-0.4, -0.2) is 27.9 Å². The molecule has 196 valence electrons. The quantitative estimate of drug-likeness (QED) is 0.384. The van der Waals surface area contributed by atoms with Crippen LogP contribution < -0.4 is 5.32 Å². The van der Waals surface area contributed by atoms with E-state index in [9.17, 15) is 14.7 Å². The molecular weight excluding hydrogens is 466 g/mol. The Balaban J connectivity index is 1.49. The summed E-state index contributed by atoms with van der Waals surface area (Å²) in [5.74, 6) is 1.66. The molecule has 6 nitrogen and oxygen atoms in total. The van der Waals surface area contributed by atoms with Crippen LogP contribution in [0.15, 0.2) is 42.5 Å². The van der Waals surface area contributed by atoms with Crippen molar-refractivity contribution >= 4 is 18.1 Å². The number of hydrogen-bond donors (Lipinski definition) is 3. The summed E-state index contributed by atoms with van der Waals surface area (Å²) >= 11 is 0. The van der Waals surface area contributed by atoms with Gasteiger partial charge >= 0.3 is 12.1 Å². The SMILES string of the molecule is CC(C)(C)OC(=O)NCc1cc(C=CC(=O)O)ccc1-c1ccc(O)c(C23CC4CC(CC(C4)C2)C3)c1. The highest BCUT2D eigenvalue weighted by Crippen LogP contribution is 2.62. The number of alkyl carbamates (subject to hydrolysis) is 1. The minimum Gasteiger partial charge on any atom is -0.508 e. The molecule has 3 N–H and O–H groups in total. The summed E-state index contributed by atoms with van der Waals surface area (Å²) in [6, 6.07) is 11.6. The average Bonchev–Trinajstić information content (AvgIpc) is 2.80. The summed E-state index contributed by atoms with van der Waals surface area (Å²) in [6.07, 6.45) is 9.62. The van der Waals surface area contributed by atoms with Crippen molar-refractivity contribution in [3.05, 3.63) is 59.2 Å². The van der Waals surface area contributed by atoms with Crippen molar-refractivity contribution in [1.82, 2.24) is 5.32 Å². The molecule has 6 rings (SSSR count). The Hall–Kier alpha value is -3.28. The molecular formula is C31H37NO5. The van der Waals surface area contributed by atoms with Crippen LogP contribution in [0.1, 0.15) is 76.0 Å². The number of aromatic hydroxyl groups is 1. The van der Waals surface area contributed by atoms with Gasteiger partial charge in [0, 0.05) is 18.2 Å². The van der Waals surface area contributed by atoms with Crippen LogP contribution in [0.2, 0.25) is 0 Å². The summed E-state index contributed by atoms with van der Waals surface area (Å²) in [4.78, 5) is 23.4. The van der Waals surface area contributed by atoms with Crippen LogP contribution in [0.3, 0.4) is 0 Å². The van der Waals surface area contributed by atoms with Gasteiger partial charge in [-0.05, 0) is 129 Å². The minimum absolute atomic E-state index is 0.0495. The molecule has 0 aliphatic heterocycles. The van der Waals surface area contributed by atoms with Crippen LogP contribution in [0.25, 0.3) is 17.2 Å². The van der Waals surface area contributed by atoms with Crippen LogP contribution in [0.5, 0.6) is 5.75 Å². The molecule has 2 aromatic rings. The first-order valence-electron chi connectivity index (χ1n) is 13.3. The smallest absolute Gasteiger partial charge is 0.407 e. The van der Waals surface area contributed by atoms with E-state index in [0.717, 1.165) is 70.9 Å². The number of phenols is 1. The van der Waals surface area contributed by atoms with E-state index in [1.54, 1.807) is 6.08 Å². The molecule has 0 aromatic heterocycles. The van der Waals surface area contributed by atoms with Crippen molar-refractivity contribution in [3.8, 4) is 16.9 Å². The third-order valence-corrected chi connectivity index (χ3v) is 8.29. The Morgan fingerprint density at radius 3 is 2.27 bits per heavy atom. The highest BCUT2D eigenvalue weighted by Gasteiger charge is 2.52. The van der Waals surface area contributed by atoms with Gasteiger partial charge in [-0.2, -0.15) is 0 Å². The predicted octanol–water partition coefficient (Wildman–Crippen LogP) is 6.65. The van der Waals surface area contributed by atoms with Gasteiger partial charge in [0.05, 0.1) is 0 Å². The maximum absolute atomic E-state index is 12.4. The van der Waals surface area contributed by atoms with Crippen LogP contribution in [0, 0.1) is 17.8 Å². The second-order valence-corrected chi connectivity index (χ2v) is 12.4. The van der Waals surface area contributed by atoms with E-state index in [2.05, 4.69) is 11.4 Å². The van der Waals surface area contributed by atoms with Gasteiger partial charge in [0.1, 0.15) is 11.4 Å². The van der Waals surface area contributed by atoms with Crippen molar-refractivity contribution in [2.45, 2.75) is 76.9 Å². The number of rotatable bonds is 6. The van der Waals surface area contributed by atoms with Crippen LogP contribution in [-0.2, 0) is 21.5 Å². The lowest BCUT2D eigenvalue weighted by molar-refractivity contribution is -0.131. The number of nitrogens with one attached hydrogen (secondary N) is 1. The van der Waals surface area contributed by atoms with Crippen molar-refractivity contribution in [3.63, 3.8) is 0 Å². The van der Waals surface area contributed by atoms with E-state index in [-0.39, 0.29) is 12.0 Å². The van der Waals surface area contributed by atoms with Crippen LogP contribution >= 0.6 is 0 Å². The molecule has 1 amide bonds. The third-order valence-electron chi connectivity index (χ3n) is 8.29. The highest BCUT2D eigenvalue weighted by atomic mass is 16.6. The second kappa shape index (κ2) is 9.55. The molecule has 4 fully saturated rings. The molecule has 4 aliphatic carbocycles. The lowest BCUT2D eigenvalue weighted by Crippen LogP contribution is -2.48. The number of aliphatic carboxylic acids is 1. The summed E-state index contributed by atoms with van der Waals surface area (Å²) in [5, 5.41) is 22.9. The predicted molar refractivity (Wildman–Crippen MR) is 143 cm³/mol. The van der Waals surface area contributed by atoms with E-state index in [1.807, 2.05) is 51.1 Å². The average molecular weight is 504 g/mol. The molecule has 0 atom stereocenters. The zero-order valence-electron chi connectivity index (χ0n) is 21.9. The molecule has 4 aliphatic rings. The first-order valence-corrected chi connectivity index (χ1v) is 13.3. The molecule has 2 aromatic carbocycles. The molecule has 0 unspecified atom stereocenters. The number of carbonyl (C=O) groups is 2. The highest BCUT2D eigenvalue weighted by molar-refractivity contribution is 5.85. The molecule has 4 bridgehead atoms. The van der Waals surface area contributed by atoms with Crippen LogP contribution in [0.4, 0.5) is 4.79 Å². The Kier molecular flexibility index (Phi) is 6.55. The topological polar surface area (TPSA) is 95.9 Å². The van der Waals surface area contributed by atoms with Gasteiger partial charge in [-0.3, -0.25) is 0 Å². The Bertz CT molecular complexity index is 1200. The summed E-state index contributed by atoms with van der Waals surface area (Å²) in [6.45, 7) is 5.68. The van der Waals surface area contributed by atoms with E-state index < -0.39 is 17.7 Å². The molecule has 0 spiro atoms. The van der Waals surface area contributed by atoms with Gasteiger partial charge < -0.3 is 20.3 Å². The van der Waals surface area contributed by atoms with Gasteiger partial charge in [-0.25, -0.2) is 9.59 Å². The maximum Gasteiger partial charge on any atom is 0.407 e. The number of phenolic OH excluding ortho intramolecular Hbond substituents is 1. The number of carboxylic acid groups (broad SMARTS) is 1. The summed E-state index contributed by atoms with van der Waals surface area (Å²) in [5.41, 5.74) is 4.00. The molecule has 37 heavy (non-hydrogen) atoms. The fourth-order valence-electron chi connectivity index (χ4n) is 7.36. The third kappa shape index (κ3) is 5.53. The van der Waals surface area contributed by atoms with E-state index in [4.69, 9.17) is 9.84 Å². The number of carboxylic acids is 1. The van der Waals surface area contributed by atoms with E-state index in [1.165, 1.54) is 19.3 Å². The van der Waals surface area contributed by atoms with Gasteiger partial charge in [-0.15, -0.1) is 0 Å². The zero-order chi connectivity index (χ0) is 26.4. The maximum atomic E-state index is 12.4. The zero-order valence-corrected chi connectivity index (χ0v) is 21.9. The number of amides is 1. The van der Waals surface area contributed by atoms with Crippen molar-refractivity contribution in [2.75, 3.05) is 0 Å². The molecule has 4 saturated carbocycles. The first kappa shape index (κ1) is 25.4. The molecule has 0 saturated heterocycles. The number of carbonyl (C=O) groups excluding carboxylic acids is 1. The van der Waals surface area contributed by atoms with E-state index in [0.29, 0.717) is 5.75 Å². The number of benzene rings is 2. The minimum atomic E-state index is -1.02. The lowest BCUT2D eigenvalue weighted by atomic mass is 9.48. The van der Waals surface area contributed by atoms with Crippen molar-refractivity contribution in [2.24, 2.45) is 17.8 Å². The Morgan fingerprint density at radius 1 is 1.03 bits per heavy atom. The summed E-state index contributed by atoms with van der Waals surface area (Å²) in [7, 11) is 0. The first-order chi connectivity index (χ1) is 17.5. The fraction of sp³-hybridized carbons (Fsp3) is 0.484. The molecule has 0 radical (unpaired) electrons. The van der Waals surface area contributed by atoms with Crippen molar-refractivity contribution < 1.29 is 24.5 Å². The van der Waals surface area contributed by atoms with Crippen molar-refractivity contribution in [1.29, 1.82) is 0 Å². The molecule has 6 heteroatoms. The summed E-state index contributed by atoms with van der Waals surface area (Å²) < 4.78 is 5.41. The van der Waals surface area contributed by atoms with Gasteiger partial charge in [0.15, 0.2) is 0 Å². The Morgan fingerprint density at radius 2 is 1.68 bits per heavy atom. The normalized spacial score (nSPS) is 26.4. The van der Waals surface area contributed by atoms with E-state index >= 15 is 0 Å². The lowest BCUT2D eigenvalue weighted by Gasteiger charge is -2.57. The monoisotopic (exact) mass is 503 g/mol. The number of hydrogen-bond acceptors (Lipinski definition) is 4. The Labute approximate surface area is 218 Å².